The molecule has 0 bridgehead atoms. The predicted octanol–water partition coefficient (Wildman–Crippen LogP) is 3.49. The van der Waals surface area contributed by atoms with E-state index in [4.69, 9.17) is 11.6 Å². The van der Waals surface area contributed by atoms with E-state index in [1.165, 1.54) is 12.1 Å². The van der Waals surface area contributed by atoms with Gasteiger partial charge < -0.3 is 5.32 Å². The monoisotopic (exact) mass is 264 g/mol. The van der Waals surface area contributed by atoms with Crippen molar-refractivity contribution in [2.24, 2.45) is 0 Å². The van der Waals surface area contributed by atoms with Gasteiger partial charge in [0.1, 0.15) is 5.82 Å². The second-order valence-corrected chi connectivity index (χ2v) is 4.53. The molecule has 0 saturated heterocycles. The van der Waals surface area contributed by atoms with Crippen molar-refractivity contribution < 1.29 is 4.39 Å². The lowest BCUT2D eigenvalue weighted by atomic mass is 9.97. The molecule has 1 atom stereocenters. The number of halogens is 2. The fourth-order valence-corrected chi connectivity index (χ4v) is 2.22. The highest BCUT2D eigenvalue weighted by Gasteiger charge is 2.17. The molecule has 0 radical (unpaired) electrons. The Hall–Kier alpha value is -1.45. The van der Waals surface area contributed by atoms with E-state index in [0.29, 0.717) is 5.02 Å². The number of rotatable bonds is 3. The van der Waals surface area contributed by atoms with Gasteiger partial charge in [-0.25, -0.2) is 4.39 Å². The minimum Gasteiger partial charge on any atom is -0.309 e. The Balaban J connectivity index is 2.52. The lowest BCUT2D eigenvalue weighted by molar-refractivity contribution is 0.616. The third kappa shape index (κ3) is 2.52. The number of nitrogens with one attached hydrogen (secondary N) is 1. The highest BCUT2D eigenvalue weighted by atomic mass is 35.5. The third-order valence-electron chi connectivity index (χ3n) is 2.95. The molecule has 0 spiro atoms. The fourth-order valence-electron chi connectivity index (χ4n) is 1.99. The summed E-state index contributed by atoms with van der Waals surface area (Å²) in [6.45, 7) is 1.99. The van der Waals surface area contributed by atoms with Gasteiger partial charge in [-0.05, 0) is 54.9 Å². The Morgan fingerprint density at radius 1 is 1.28 bits per heavy atom. The minimum atomic E-state index is -0.295. The van der Waals surface area contributed by atoms with Gasteiger partial charge in [0.05, 0.1) is 6.04 Å². The van der Waals surface area contributed by atoms with Crippen molar-refractivity contribution >= 4 is 11.6 Å². The summed E-state index contributed by atoms with van der Waals surface area (Å²) in [5.74, 6) is -0.295. The molecule has 0 aliphatic carbocycles. The van der Waals surface area contributed by atoms with Crippen LogP contribution in [-0.4, -0.2) is 12.0 Å². The van der Waals surface area contributed by atoms with E-state index < -0.39 is 0 Å². The lowest BCUT2D eigenvalue weighted by Gasteiger charge is -2.20. The van der Waals surface area contributed by atoms with Crippen molar-refractivity contribution in [3.8, 4) is 0 Å². The van der Waals surface area contributed by atoms with E-state index in [2.05, 4.69) is 10.3 Å². The van der Waals surface area contributed by atoms with Gasteiger partial charge in [0.25, 0.3) is 0 Å². The van der Waals surface area contributed by atoms with Crippen LogP contribution >= 0.6 is 11.6 Å². The highest BCUT2D eigenvalue weighted by molar-refractivity contribution is 6.31. The Labute approximate surface area is 111 Å². The number of aryl methyl sites for hydroxylation is 1. The zero-order valence-electron chi connectivity index (χ0n) is 10.2. The van der Waals surface area contributed by atoms with Gasteiger partial charge >= 0.3 is 0 Å². The van der Waals surface area contributed by atoms with Crippen molar-refractivity contribution in [1.29, 1.82) is 0 Å². The summed E-state index contributed by atoms with van der Waals surface area (Å²) in [4.78, 5) is 4.12. The Bertz CT molecular complexity index is 557. The predicted molar refractivity (Wildman–Crippen MR) is 71.3 cm³/mol. The van der Waals surface area contributed by atoms with Gasteiger partial charge in [0.2, 0.25) is 0 Å². The zero-order chi connectivity index (χ0) is 13.1. The highest BCUT2D eigenvalue weighted by Crippen LogP contribution is 2.29. The summed E-state index contributed by atoms with van der Waals surface area (Å²) < 4.78 is 13.4. The number of pyridine rings is 1. The number of hydrogen-bond acceptors (Lipinski definition) is 2. The number of hydrogen-bond donors (Lipinski definition) is 1. The number of aromatic nitrogens is 1. The van der Waals surface area contributed by atoms with Crippen LogP contribution in [0.4, 0.5) is 4.39 Å². The van der Waals surface area contributed by atoms with Crippen LogP contribution < -0.4 is 5.32 Å². The van der Waals surface area contributed by atoms with Crippen molar-refractivity contribution in [2.75, 3.05) is 7.05 Å². The summed E-state index contributed by atoms with van der Waals surface area (Å²) in [7, 11) is 1.82. The summed E-state index contributed by atoms with van der Waals surface area (Å²) in [5, 5.41) is 3.69. The molecule has 1 aromatic heterocycles. The second kappa shape index (κ2) is 5.46. The van der Waals surface area contributed by atoms with E-state index in [1.807, 2.05) is 20.0 Å². The molecule has 1 aromatic carbocycles. The lowest BCUT2D eigenvalue weighted by Crippen LogP contribution is -2.19. The molecule has 0 amide bonds. The van der Waals surface area contributed by atoms with Gasteiger partial charge in [-0.3, -0.25) is 4.98 Å². The summed E-state index contributed by atoms with van der Waals surface area (Å²) in [6, 6.07) is 6.14. The first-order valence-corrected chi connectivity index (χ1v) is 6.04. The topological polar surface area (TPSA) is 24.9 Å². The maximum atomic E-state index is 13.4. The van der Waals surface area contributed by atoms with E-state index in [0.717, 1.165) is 16.7 Å². The largest absolute Gasteiger partial charge is 0.309 e. The zero-order valence-corrected chi connectivity index (χ0v) is 11.0. The molecule has 2 nitrogen and oxygen atoms in total. The van der Waals surface area contributed by atoms with Crippen LogP contribution in [0.15, 0.2) is 36.7 Å². The number of benzene rings is 1. The molecule has 18 heavy (non-hydrogen) atoms. The van der Waals surface area contributed by atoms with Crippen LogP contribution in [0.3, 0.4) is 0 Å². The normalized spacial score (nSPS) is 12.4. The number of nitrogens with zero attached hydrogens (tertiary/aromatic N) is 1. The first kappa shape index (κ1) is 13.0. The van der Waals surface area contributed by atoms with Gasteiger partial charge in [-0.15, -0.1) is 0 Å². The summed E-state index contributed by atoms with van der Waals surface area (Å²) in [6.07, 6.45) is 3.51. The van der Waals surface area contributed by atoms with Crippen LogP contribution in [0.5, 0.6) is 0 Å². The Morgan fingerprint density at radius 2 is 2.06 bits per heavy atom. The minimum absolute atomic E-state index is 0.165. The molecule has 1 N–H and O–H groups in total. The Kier molecular flexibility index (Phi) is 3.94. The fraction of sp³-hybridized carbons (Fsp3) is 0.214. The molecule has 94 valence electrons. The van der Waals surface area contributed by atoms with Crippen LogP contribution in [0.25, 0.3) is 0 Å². The molecule has 1 heterocycles. The maximum Gasteiger partial charge on any atom is 0.123 e. The molecular formula is C14H14ClFN2. The van der Waals surface area contributed by atoms with Crippen molar-refractivity contribution in [3.05, 3.63) is 64.2 Å². The smallest absolute Gasteiger partial charge is 0.123 e. The van der Waals surface area contributed by atoms with Gasteiger partial charge in [-0.2, -0.15) is 0 Å². The molecule has 1 unspecified atom stereocenters. The quantitative estimate of drug-likeness (QED) is 0.918. The molecule has 2 aromatic rings. The van der Waals surface area contributed by atoms with Crippen molar-refractivity contribution in [3.63, 3.8) is 0 Å². The standard InChI is InChI=1S/C14H14ClFN2/c1-9-5-6-18-8-12(9)14(17-2)11-7-10(16)3-4-13(11)15/h3-8,14,17H,1-2H3. The average molecular weight is 265 g/mol. The molecule has 2 rings (SSSR count). The van der Waals surface area contributed by atoms with E-state index in [1.54, 1.807) is 18.5 Å². The average Bonchev–Trinajstić information content (AvgIpc) is 2.36. The molecule has 4 heteroatoms. The molecular weight excluding hydrogens is 251 g/mol. The van der Waals surface area contributed by atoms with Crippen LogP contribution in [-0.2, 0) is 0 Å². The third-order valence-corrected chi connectivity index (χ3v) is 3.29. The molecule has 0 aliphatic rings. The first-order chi connectivity index (χ1) is 8.63. The van der Waals surface area contributed by atoms with E-state index >= 15 is 0 Å². The summed E-state index contributed by atoms with van der Waals surface area (Å²) >= 11 is 6.14. The Morgan fingerprint density at radius 3 is 2.72 bits per heavy atom. The van der Waals surface area contributed by atoms with E-state index in [9.17, 15) is 4.39 Å². The van der Waals surface area contributed by atoms with Gasteiger partial charge in [0.15, 0.2) is 0 Å². The van der Waals surface area contributed by atoms with Crippen LogP contribution in [0.1, 0.15) is 22.7 Å². The molecule has 0 fully saturated rings. The van der Waals surface area contributed by atoms with Gasteiger partial charge in [-0.1, -0.05) is 11.6 Å². The van der Waals surface area contributed by atoms with Crippen LogP contribution in [0.2, 0.25) is 5.02 Å². The van der Waals surface area contributed by atoms with Crippen LogP contribution in [0, 0.1) is 12.7 Å². The van der Waals surface area contributed by atoms with E-state index in [-0.39, 0.29) is 11.9 Å². The molecule has 0 aliphatic heterocycles. The summed E-state index contributed by atoms with van der Waals surface area (Å²) in [5.41, 5.74) is 2.80. The second-order valence-electron chi connectivity index (χ2n) is 4.12. The maximum absolute atomic E-state index is 13.4. The van der Waals surface area contributed by atoms with Crippen molar-refractivity contribution in [1.82, 2.24) is 10.3 Å². The molecule has 0 saturated carbocycles. The van der Waals surface area contributed by atoms with Gasteiger partial charge in [0, 0.05) is 17.4 Å². The first-order valence-electron chi connectivity index (χ1n) is 5.66. The van der Waals surface area contributed by atoms with Crippen molar-refractivity contribution in [2.45, 2.75) is 13.0 Å². The SMILES string of the molecule is CNC(c1cnccc1C)c1cc(F)ccc1Cl.